The fourth-order valence-corrected chi connectivity index (χ4v) is 3.26. The van der Waals surface area contributed by atoms with Crippen LogP contribution in [0.3, 0.4) is 0 Å². The third-order valence-electron chi connectivity index (χ3n) is 4.55. The van der Waals surface area contributed by atoms with E-state index >= 15 is 0 Å². The summed E-state index contributed by atoms with van der Waals surface area (Å²) in [6, 6.07) is 19.4. The summed E-state index contributed by atoms with van der Waals surface area (Å²) in [5, 5.41) is 4.16. The largest absolute Gasteiger partial charge is 0.374 e. The van der Waals surface area contributed by atoms with Crippen molar-refractivity contribution in [2.75, 3.05) is 19.7 Å². The van der Waals surface area contributed by atoms with Crippen molar-refractivity contribution < 1.29 is 4.74 Å². The molecule has 0 spiro atoms. The second-order valence-electron chi connectivity index (χ2n) is 6.41. The SMILES string of the molecule is c1ccc(-c2ccc(CN3CCO[C@@H](Cn4cncn4)C3)cc2)cc1. The van der Waals surface area contributed by atoms with Crippen molar-refractivity contribution >= 4 is 0 Å². The first kappa shape index (κ1) is 16.0. The summed E-state index contributed by atoms with van der Waals surface area (Å²) in [5.74, 6) is 0. The Morgan fingerprint density at radius 2 is 1.80 bits per heavy atom. The van der Waals surface area contributed by atoms with Crippen molar-refractivity contribution in [2.45, 2.75) is 19.2 Å². The van der Waals surface area contributed by atoms with Crippen LogP contribution < -0.4 is 0 Å². The number of ether oxygens (including phenoxy) is 1. The number of hydrogen-bond acceptors (Lipinski definition) is 4. The smallest absolute Gasteiger partial charge is 0.137 e. The molecule has 1 fully saturated rings. The van der Waals surface area contributed by atoms with Crippen LogP contribution in [0.2, 0.25) is 0 Å². The van der Waals surface area contributed by atoms with E-state index in [-0.39, 0.29) is 6.10 Å². The van der Waals surface area contributed by atoms with Crippen LogP contribution in [0.15, 0.2) is 67.3 Å². The van der Waals surface area contributed by atoms with Crippen LogP contribution >= 0.6 is 0 Å². The molecule has 3 aromatic rings. The molecule has 1 aliphatic heterocycles. The molecular weight excluding hydrogens is 312 g/mol. The highest BCUT2D eigenvalue weighted by Gasteiger charge is 2.21. The molecule has 2 heterocycles. The van der Waals surface area contributed by atoms with Crippen molar-refractivity contribution in [3.63, 3.8) is 0 Å². The van der Waals surface area contributed by atoms with E-state index in [1.54, 1.807) is 12.7 Å². The maximum atomic E-state index is 5.87. The molecule has 0 N–H and O–H groups in total. The van der Waals surface area contributed by atoms with Crippen LogP contribution in [0.1, 0.15) is 5.56 Å². The number of aromatic nitrogens is 3. The van der Waals surface area contributed by atoms with E-state index < -0.39 is 0 Å². The maximum absolute atomic E-state index is 5.87. The molecular formula is C20H22N4O. The third-order valence-corrected chi connectivity index (χ3v) is 4.55. The molecule has 5 nitrogen and oxygen atoms in total. The Kier molecular flexibility index (Phi) is 4.86. The predicted molar refractivity (Wildman–Crippen MR) is 96.9 cm³/mol. The van der Waals surface area contributed by atoms with E-state index in [9.17, 15) is 0 Å². The molecule has 1 aliphatic rings. The molecule has 0 radical (unpaired) electrons. The zero-order valence-electron chi connectivity index (χ0n) is 14.2. The quantitative estimate of drug-likeness (QED) is 0.720. The second-order valence-corrected chi connectivity index (χ2v) is 6.41. The summed E-state index contributed by atoms with van der Waals surface area (Å²) in [7, 11) is 0. The normalized spacial score (nSPS) is 18.3. The van der Waals surface area contributed by atoms with Gasteiger partial charge in [-0.2, -0.15) is 5.10 Å². The molecule has 5 heteroatoms. The van der Waals surface area contributed by atoms with Gasteiger partial charge in [0.25, 0.3) is 0 Å². The highest BCUT2D eigenvalue weighted by Crippen LogP contribution is 2.20. The predicted octanol–water partition coefficient (Wildman–Crippen LogP) is 2.85. The van der Waals surface area contributed by atoms with Crippen LogP contribution in [-0.4, -0.2) is 45.5 Å². The van der Waals surface area contributed by atoms with Gasteiger partial charge >= 0.3 is 0 Å². The fraction of sp³-hybridized carbons (Fsp3) is 0.300. The molecule has 25 heavy (non-hydrogen) atoms. The van der Waals surface area contributed by atoms with Gasteiger partial charge < -0.3 is 4.74 Å². The Labute approximate surface area is 147 Å². The molecule has 2 aromatic carbocycles. The van der Waals surface area contributed by atoms with Crippen molar-refractivity contribution in [3.05, 3.63) is 72.8 Å². The molecule has 1 aromatic heterocycles. The van der Waals surface area contributed by atoms with Crippen molar-refractivity contribution in [1.29, 1.82) is 0 Å². The lowest BCUT2D eigenvalue weighted by atomic mass is 10.0. The molecule has 0 unspecified atom stereocenters. The summed E-state index contributed by atoms with van der Waals surface area (Å²) < 4.78 is 7.70. The maximum Gasteiger partial charge on any atom is 0.137 e. The lowest BCUT2D eigenvalue weighted by Gasteiger charge is -2.32. The zero-order valence-corrected chi connectivity index (χ0v) is 14.2. The van der Waals surface area contributed by atoms with Crippen molar-refractivity contribution in [1.82, 2.24) is 19.7 Å². The van der Waals surface area contributed by atoms with Gasteiger partial charge in [0, 0.05) is 19.6 Å². The van der Waals surface area contributed by atoms with Crippen molar-refractivity contribution in [2.24, 2.45) is 0 Å². The average Bonchev–Trinajstić information content (AvgIpc) is 3.16. The van der Waals surface area contributed by atoms with Crippen LogP contribution in [0.25, 0.3) is 11.1 Å². The van der Waals surface area contributed by atoms with E-state index in [1.807, 2.05) is 10.7 Å². The van der Waals surface area contributed by atoms with Crippen LogP contribution in [0.5, 0.6) is 0 Å². The van der Waals surface area contributed by atoms with Gasteiger partial charge in [-0.3, -0.25) is 9.58 Å². The molecule has 0 bridgehead atoms. The minimum absolute atomic E-state index is 0.166. The summed E-state index contributed by atoms with van der Waals surface area (Å²) in [4.78, 5) is 6.44. The van der Waals surface area contributed by atoms with E-state index in [1.165, 1.54) is 16.7 Å². The highest BCUT2D eigenvalue weighted by atomic mass is 16.5. The molecule has 1 atom stereocenters. The minimum Gasteiger partial charge on any atom is -0.374 e. The second kappa shape index (κ2) is 7.59. The number of morpholine rings is 1. The summed E-state index contributed by atoms with van der Waals surface area (Å²) in [5.41, 5.74) is 3.85. The van der Waals surface area contributed by atoms with Gasteiger partial charge in [0.15, 0.2) is 0 Å². The average molecular weight is 334 g/mol. The fourth-order valence-electron chi connectivity index (χ4n) is 3.26. The first-order valence-corrected chi connectivity index (χ1v) is 8.67. The zero-order chi connectivity index (χ0) is 16.9. The highest BCUT2D eigenvalue weighted by molar-refractivity contribution is 5.63. The standard InChI is InChI=1S/C20H22N4O/c1-2-4-18(5-3-1)19-8-6-17(7-9-19)12-23-10-11-25-20(13-23)14-24-16-21-15-22-24/h1-9,15-16,20H,10-14H2/t20-/m1/s1. The van der Waals surface area contributed by atoms with Crippen LogP contribution in [0.4, 0.5) is 0 Å². The minimum atomic E-state index is 0.166. The van der Waals surface area contributed by atoms with E-state index in [4.69, 9.17) is 4.74 Å². The van der Waals surface area contributed by atoms with E-state index in [2.05, 4.69) is 63.5 Å². The molecule has 1 saturated heterocycles. The number of benzene rings is 2. The topological polar surface area (TPSA) is 43.2 Å². The van der Waals surface area contributed by atoms with Crippen LogP contribution in [0, 0.1) is 0 Å². The van der Waals surface area contributed by atoms with Gasteiger partial charge in [0.1, 0.15) is 12.7 Å². The molecule has 128 valence electrons. The Bertz CT molecular complexity index is 771. The lowest BCUT2D eigenvalue weighted by molar-refractivity contribution is -0.0402. The molecule has 0 saturated carbocycles. The summed E-state index contributed by atoms with van der Waals surface area (Å²) in [6.07, 6.45) is 3.47. The van der Waals surface area contributed by atoms with Crippen LogP contribution in [-0.2, 0) is 17.8 Å². The van der Waals surface area contributed by atoms with E-state index in [0.717, 1.165) is 32.8 Å². The Balaban J connectivity index is 1.36. The van der Waals surface area contributed by atoms with Gasteiger partial charge in [-0.1, -0.05) is 54.6 Å². The summed E-state index contributed by atoms with van der Waals surface area (Å²) in [6.45, 7) is 4.35. The Hall–Kier alpha value is -2.50. The monoisotopic (exact) mass is 334 g/mol. The number of nitrogens with zero attached hydrogens (tertiary/aromatic N) is 4. The van der Waals surface area contributed by atoms with E-state index in [0.29, 0.717) is 0 Å². The Morgan fingerprint density at radius 1 is 1.00 bits per heavy atom. The third kappa shape index (κ3) is 4.13. The van der Waals surface area contributed by atoms with Gasteiger partial charge in [-0.05, 0) is 16.7 Å². The molecule has 4 rings (SSSR count). The molecule has 0 aliphatic carbocycles. The molecule has 0 amide bonds. The van der Waals surface area contributed by atoms with Gasteiger partial charge in [0.05, 0.1) is 19.3 Å². The van der Waals surface area contributed by atoms with Crippen molar-refractivity contribution in [3.8, 4) is 11.1 Å². The first-order valence-electron chi connectivity index (χ1n) is 8.67. The summed E-state index contributed by atoms with van der Waals surface area (Å²) >= 11 is 0. The first-order chi connectivity index (χ1) is 12.4. The Morgan fingerprint density at radius 3 is 2.56 bits per heavy atom. The lowest BCUT2D eigenvalue weighted by Crippen LogP contribution is -2.43. The van der Waals surface area contributed by atoms with Gasteiger partial charge in [-0.25, -0.2) is 4.98 Å². The van der Waals surface area contributed by atoms with Gasteiger partial charge in [-0.15, -0.1) is 0 Å². The number of rotatable bonds is 5. The van der Waals surface area contributed by atoms with Gasteiger partial charge in [0.2, 0.25) is 0 Å². The number of hydrogen-bond donors (Lipinski definition) is 0.